The number of amides is 4. The Morgan fingerprint density at radius 3 is 2.10 bits per heavy atom. The van der Waals surface area contributed by atoms with E-state index in [1.807, 2.05) is 36.4 Å². The molecule has 6 nitrogen and oxygen atoms in total. The molecule has 1 aliphatic heterocycles. The molecule has 2 N–H and O–H groups in total. The molecule has 150 valence electrons. The van der Waals surface area contributed by atoms with E-state index in [0.29, 0.717) is 16.4 Å². The third-order valence-electron chi connectivity index (χ3n) is 5.42. The Hall–Kier alpha value is -2.80. The number of urea groups is 1. The average Bonchev–Trinajstić information content (AvgIpc) is 3.36. The molecule has 1 heterocycles. The van der Waals surface area contributed by atoms with Gasteiger partial charge < -0.3 is 5.32 Å². The van der Waals surface area contributed by atoms with E-state index in [1.165, 1.54) is 12.8 Å². The first kappa shape index (κ1) is 19.5. The van der Waals surface area contributed by atoms with Crippen molar-refractivity contribution in [1.29, 1.82) is 0 Å². The van der Waals surface area contributed by atoms with Gasteiger partial charge in [0.1, 0.15) is 0 Å². The van der Waals surface area contributed by atoms with Gasteiger partial charge in [0, 0.05) is 5.25 Å². The van der Waals surface area contributed by atoms with Gasteiger partial charge in [-0.1, -0.05) is 73.5 Å². The second kappa shape index (κ2) is 8.29. The summed E-state index contributed by atoms with van der Waals surface area (Å²) in [6, 6.07) is 17.5. The highest BCUT2D eigenvalue weighted by atomic mass is 32.2. The first-order valence-corrected chi connectivity index (χ1v) is 10.8. The number of rotatable bonds is 6. The van der Waals surface area contributed by atoms with Crippen LogP contribution in [0.15, 0.2) is 60.7 Å². The number of hydrogen-bond acceptors (Lipinski definition) is 4. The quantitative estimate of drug-likeness (QED) is 0.719. The van der Waals surface area contributed by atoms with Crippen molar-refractivity contribution in [3.8, 4) is 0 Å². The zero-order chi connectivity index (χ0) is 20.3. The molecule has 1 saturated heterocycles. The summed E-state index contributed by atoms with van der Waals surface area (Å²) in [7, 11) is 0. The number of carbonyl (C=O) groups excluding carboxylic acids is 3. The molecule has 2 aromatic carbocycles. The molecule has 2 fully saturated rings. The monoisotopic (exact) mass is 409 g/mol. The van der Waals surface area contributed by atoms with Crippen LogP contribution in [0.2, 0.25) is 0 Å². The summed E-state index contributed by atoms with van der Waals surface area (Å²) in [6.45, 7) is 0. The Labute approximate surface area is 174 Å². The highest BCUT2D eigenvalue weighted by molar-refractivity contribution is 8.00. The molecule has 1 saturated carbocycles. The molecule has 1 aliphatic carbocycles. The lowest BCUT2D eigenvalue weighted by Gasteiger charge is -2.27. The Bertz CT molecular complexity index is 859. The third kappa shape index (κ3) is 3.74. The lowest BCUT2D eigenvalue weighted by molar-refractivity contribution is -0.137. The predicted octanol–water partition coefficient (Wildman–Crippen LogP) is 3.19. The minimum Gasteiger partial charge on any atom is -0.314 e. The molecule has 0 unspecified atom stereocenters. The van der Waals surface area contributed by atoms with Gasteiger partial charge in [0.25, 0.3) is 5.91 Å². The summed E-state index contributed by atoms with van der Waals surface area (Å²) < 4.78 is 0. The van der Waals surface area contributed by atoms with Gasteiger partial charge in [-0.25, -0.2) is 4.79 Å². The van der Waals surface area contributed by atoms with Crippen LogP contribution in [0.5, 0.6) is 0 Å². The van der Waals surface area contributed by atoms with E-state index in [9.17, 15) is 14.4 Å². The second-order valence-corrected chi connectivity index (χ2v) is 8.59. The van der Waals surface area contributed by atoms with E-state index < -0.39 is 17.5 Å². The van der Waals surface area contributed by atoms with E-state index in [2.05, 4.69) is 10.7 Å². The molecule has 2 aromatic rings. The Morgan fingerprint density at radius 1 is 1.00 bits per heavy atom. The van der Waals surface area contributed by atoms with Gasteiger partial charge >= 0.3 is 6.03 Å². The summed E-state index contributed by atoms with van der Waals surface area (Å²) in [5, 5.41) is 4.12. The first-order valence-electron chi connectivity index (χ1n) is 9.80. The van der Waals surface area contributed by atoms with Gasteiger partial charge in [0.15, 0.2) is 5.54 Å². The Kier molecular flexibility index (Phi) is 5.58. The van der Waals surface area contributed by atoms with Gasteiger partial charge in [-0.15, -0.1) is 11.8 Å². The SMILES string of the molecule is O=C(CSC1CCCC1)NN1C(=O)NC(c2ccccc2)(c2ccccc2)C1=O. The summed E-state index contributed by atoms with van der Waals surface area (Å²) in [4.78, 5) is 38.6. The number of nitrogens with one attached hydrogen (secondary N) is 2. The van der Waals surface area contributed by atoms with Crippen LogP contribution in [0.4, 0.5) is 4.79 Å². The number of imide groups is 1. The highest BCUT2D eigenvalue weighted by Gasteiger charge is 2.54. The Morgan fingerprint density at radius 2 is 1.55 bits per heavy atom. The molecular formula is C22H23N3O3S. The van der Waals surface area contributed by atoms with Crippen LogP contribution in [0.25, 0.3) is 0 Å². The standard InChI is InChI=1S/C22H23N3O3S/c26-19(15-29-18-13-7-8-14-18)24-25-20(27)22(23-21(25)28,16-9-3-1-4-10-16)17-11-5-2-6-12-17/h1-6,9-12,18H,7-8,13-15H2,(H,23,28)(H,24,26). The van der Waals surface area contributed by atoms with Gasteiger partial charge in [-0.3, -0.25) is 15.0 Å². The van der Waals surface area contributed by atoms with Gasteiger partial charge in [0.2, 0.25) is 5.91 Å². The van der Waals surface area contributed by atoms with Gasteiger partial charge in [0.05, 0.1) is 5.75 Å². The molecule has 0 bridgehead atoms. The zero-order valence-electron chi connectivity index (χ0n) is 16.0. The molecule has 4 amide bonds. The van der Waals surface area contributed by atoms with Crippen molar-refractivity contribution < 1.29 is 14.4 Å². The summed E-state index contributed by atoms with van der Waals surface area (Å²) >= 11 is 1.59. The maximum absolute atomic E-state index is 13.5. The highest BCUT2D eigenvalue weighted by Crippen LogP contribution is 2.35. The fourth-order valence-electron chi connectivity index (χ4n) is 3.97. The van der Waals surface area contributed by atoms with Crippen molar-refractivity contribution in [3.63, 3.8) is 0 Å². The molecule has 0 atom stereocenters. The van der Waals surface area contributed by atoms with Crippen molar-refractivity contribution in [3.05, 3.63) is 71.8 Å². The number of hydrazine groups is 1. The van der Waals surface area contributed by atoms with E-state index in [-0.39, 0.29) is 11.7 Å². The van der Waals surface area contributed by atoms with Crippen molar-refractivity contribution in [2.45, 2.75) is 36.5 Å². The summed E-state index contributed by atoms with van der Waals surface area (Å²) in [5.74, 6) is -0.632. The number of thioether (sulfide) groups is 1. The van der Waals surface area contributed by atoms with E-state index >= 15 is 0 Å². The van der Waals surface area contributed by atoms with Crippen LogP contribution in [-0.4, -0.2) is 33.9 Å². The van der Waals surface area contributed by atoms with Crippen LogP contribution in [0.3, 0.4) is 0 Å². The molecule has 2 aliphatic rings. The minimum atomic E-state index is -1.37. The number of hydrogen-bond donors (Lipinski definition) is 2. The van der Waals surface area contributed by atoms with Gasteiger partial charge in [-0.2, -0.15) is 5.01 Å². The first-order chi connectivity index (χ1) is 14.1. The lowest BCUT2D eigenvalue weighted by atomic mass is 9.83. The summed E-state index contributed by atoms with van der Waals surface area (Å²) in [6.07, 6.45) is 4.63. The smallest absolute Gasteiger partial charge is 0.314 e. The van der Waals surface area contributed by atoms with Crippen molar-refractivity contribution in [1.82, 2.24) is 15.8 Å². The van der Waals surface area contributed by atoms with Gasteiger partial charge in [-0.05, 0) is 24.0 Å². The largest absolute Gasteiger partial charge is 0.344 e. The second-order valence-electron chi connectivity index (χ2n) is 7.31. The average molecular weight is 410 g/mol. The third-order valence-corrected chi connectivity index (χ3v) is 6.80. The van der Waals surface area contributed by atoms with Crippen LogP contribution >= 0.6 is 11.8 Å². The molecule has 29 heavy (non-hydrogen) atoms. The molecule has 0 aromatic heterocycles. The van der Waals surface area contributed by atoms with Crippen LogP contribution < -0.4 is 10.7 Å². The molecular weight excluding hydrogens is 386 g/mol. The fraction of sp³-hybridized carbons (Fsp3) is 0.318. The molecule has 7 heteroatoms. The zero-order valence-corrected chi connectivity index (χ0v) is 16.8. The number of benzene rings is 2. The topological polar surface area (TPSA) is 78.5 Å². The van der Waals surface area contributed by atoms with Crippen LogP contribution in [0.1, 0.15) is 36.8 Å². The fourth-order valence-corrected chi connectivity index (χ4v) is 5.09. The minimum absolute atomic E-state index is 0.228. The van der Waals surface area contributed by atoms with E-state index in [4.69, 9.17) is 0 Å². The lowest BCUT2D eigenvalue weighted by Crippen LogP contribution is -2.49. The Balaban J connectivity index is 1.57. The molecule has 0 spiro atoms. The maximum Gasteiger partial charge on any atom is 0.344 e. The van der Waals surface area contributed by atoms with Crippen molar-refractivity contribution in [2.24, 2.45) is 0 Å². The van der Waals surface area contributed by atoms with Crippen molar-refractivity contribution >= 4 is 29.6 Å². The van der Waals surface area contributed by atoms with Crippen LogP contribution in [0, 0.1) is 0 Å². The normalized spacial score (nSPS) is 18.7. The maximum atomic E-state index is 13.5. The number of carbonyl (C=O) groups is 3. The summed E-state index contributed by atoms with van der Waals surface area (Å²) in [5.41, 5.74) is 2.42. The van der Waals surface area contributed by atoms with Crippen molar-refractivity contribution in [2.75, 3.05) is 5.75 Å². The predicted molar refractivity (Wildman–Crippen MR) is 112 cm³/mol. The van der Waals surface area contributed by atoms with E-state index in [1.54, 1.807) is 36.0 Å². The molecule has 0 radical (unpaired) electrons. The molecule has 4 rings (SSSR count). The van der Waals surface area contributed by atoms with E-state index in [0.717, 1.165) is 17.9 Å². The van der Waals surface area contributed by atoms with Crippen LogP contribution in [-0.2, 0) is 15.1 Å². The number of nitrogens with zero attached hydrogens (tertiary/aromatic N) is 1.